The summed E-state index contributed by atoms with van der Waals surface area (Å²) in [7, 11) is 0. The number of rotatable bonds is 5. The van der Waals surface area contributed by atoms with Crippen LogP contribution in [0.2, 0.25) is 0 Å². The molecule has 1 aromatic carbocycles. The number of nitrogens with zero attached hydrogens (tertiary/aromatic N) is 1. The molecule has 0 radical (unpaired) electrons. The highest BCUT2D eigenvalue weighted by molar-refractivity contribution is 5.99. The molecular weight excluding hydrogens is 328 g/mol. The average molecular weight is 352 g/mol. The van der Waals surface area contributed by atoms with Crippen molar-refractivity contribution in [3.63, 3.8) is 0 Å². The summed E-state index contributed by atoms with van der Waals surface area (Å²) in [5.74, 6) is 1.11. The molecule has 1 N–H and O–H groups in total. The second-order valence-electron chi connectivity index (χ2n) is 7.04. The lowest BCUT2D eigenvalue weighted by Gasteiger charge is -2.25. The van der Waals surface area contributed by atoms with Crippen LogP contribution in [0.5, 0.6) is 0 Å². The van der Waals surface area contributed by atoms with Gasteiger partial charge in [-0.05, 0) is 63.5 Å². The van der Waals surface area contributed by atoms with Crippen LogP contribution in [0.15, 0.2) is 45.4 Å². The molecule has 1 aliphatic heterocycles. The van der Waals surface area contributed by atoms with Crippen molar-refractivity contribution in [2.75, 3.05) is 19.6 Å². The van der Waals surface area contributed by atoms with Crippen LogP contribution in [0.25, 0.3) is 11.0 Å². The van der Waals surface area contributed by atoms with Crippen molar-refractivity contribution in [1.29, 1.82) is 0 Å². The number of hydrogen-bond acceptors (Lipinski definition) is 4. The lowest BCUT2D eigenvalue weighted by Crippen LogP contribution is -2.36. The van der Waals surface area contributed by atoms with E-state index in [1.54, 1.807) is 6.26 Å². The van der Waals surface area contributed by atoms with E-state index in [0.717, 1.165) is 40.9 Å². The summed E-state index contributed by atoms with van der Waals surface area (Å²) in [6.07, 6.45) is 4.06. The molecule has 5 heteroatoms. The number of aryl methyl sites for hydroxylation is 2. The van der Waals surface area contributed by atoms with Crippen LogP contribution < -0.4 is 5.32 Å². The Morgan fingerprint density at radius 2 is 2.04 bits per heavy atom. The van der Waals surface area contributed by atoms with Crippen molar-refractivity contribution in [2.24, 2.45) is 0 Å². The quantitative estimate of drug-likeness (QED) is 0.747. The molecule has 4 rings (SSSR count). The van der Waals surface area contributed by atoms with E-state index < -0.39 is 0 Å². The molecular formula is C21H24N2O3. The molecule has 1 fully saturated rings. The number of fused-ring (bicyclic) bond motifs is 1. The molecule has 1 atom stereocenters. The number of carbonyl (C=O) groups is 1. The highest BCUT2D eigenvalue weighted by atomic mass is 16.3. The Morgan fingerprint density at radius 1 is 1.23 bits per heavy atom. The van der Waals surface area contributed by atoms with E-state index in [1.807, 2.05) is 44.2 Å². The van der Waals surface area contributed by atoms with Gasteiger partial charge in [-0.2, -0.15) is 0 Å². The first kappa shape index (κ1) is 16.9. The summed E-state index contributed by atoms with van der Waals surface area (Å²) < 4.78 is 11.5. The molecule has 26 heavy (non-hydrogen) atoms. The van der Waals surface area contributed by atoms with Gasteiger partial charge in [0, 0.05) is 17.5 Å². The van der Waals surface area contributed by atoms with Gasteiger partial charge in [-0.25, -0.2) is 0 Å². The van der Waals surface area contributed by atoms with Gasteiger partial charge in [-0.1, -0.05) is 12.1 Å². The SMILES string of the molecule is Cc1ccc2c(C)c(C(=O)NC[C@H](c3ccco3)N3CCCC3)oc2c1. The summed E-state index contributed by atoms with van der Waals surface area (Å²) in [6.45, 7) is 6.51. The molecule has 5 nitrogen and oxygen atoms in total. The lowest BCUT2D eigenvalue weighted by molar-refractivity contribution is 0.0907. The fourth-order valence-corrected chi connectivity index (χ4v) is 3.76. The van der Waals surface area contributed by atoms with Gasteiger partial charge in [0.15, 0.2) is 5.76 Å². The van der Waals surface area contributed by atoms with E-state index in [0.29, 0.717) is 12.3 Å². The van der Waals surface area contributed by atoms with Crippen LogP contribution in [-0.2, 0) is 0 Å². The normalized spacial score (nSPS) is 16.2. The Bertz CT molecular complexity index is 905. The number of benzene rings is 1. The maximum Gasteiger partial charge on any atom is 0.287 e. The summed E-state index contributed by atoms with van der Waals surface area (Å²) in [5.41, 5.74) is 2.76. The molecule has 0 aliphatic carbocycles. The first-order valence-electron chi connectivity index (χ1n) is 9.19. The molecule has 0 saturated carbocycles. The maximum atomic E-state index is 12.8. The van der Waals surface area contributed by atoms with Crippen LogP contribution in [0, 0.1) is 13.8 Å². The fourth-order valence-electron chi connectivity index (χ4n) is 3.76. The van der Waals surface area contributed by atoms with Crippen LogP contribution in [0.1, 0.15) is 46.3 Å². The van der Waals surface area contributed by atoms with E-state index >= 15 is 0 Å². The molecule has 136 valence electrons. The number of nitrogens with one attached hydrogen (secondary N) is 1. The zero-order chi connectivity index (χ0) is 18.1. The van der Waals surface area contributed by atoms with Gasteiger partial charge in [0.05, 0.1) is 12.3 Å². The second-order valence-corrected chi connectivity index (χ2v) is 7.04. The number of carbonyl (C=O) groups excluding carboxylic acids is 1. The summed E-state index contributed by atoms with van der Waals surface area (Å²) in [4.78, 5) is 15.1. The second kappa shape index (κ2) is 7.00. The van der Waals surface area contributed by atoms with Gasteiger partial charge in [-0.15, -0.1) is 0 Å². The predicted octanol–water partition coefficient (Wildman–Crippen LogP) is 4.21. The maximum absolute atomic E-state index is 12.8. The van der Waals surface area contributed by atoms with E-state index in [-0.39, 0.29) is 11.9 Å². The zero-order valence-electron chi connectivity index (χ0n) is 15.2. The van der Waals surface area contributed by atoms with Crippen LogP contribution in [0.3, 0.4) is 0 Å². The molecule has 0 unspecified atom stereocenters. The largest absolute Gasteiger partial charge is 0.468 e. The Kier molecular flexibility index (Phi) is 4.55. The Labute approximate surface area is 153 Å². The van der Waals surface area contributed by atoms with Crippen LogP contribution in [-0.4, -0.2) is 30.4 Å². The molecule has 1 aliphatic rings. The molecule has 1 saturated heterocycles. The lowest BCUT2D eigenvalue weighted by atomic mass is 10.1. The minimum atomic E-state index is -0.174. The number of amides is 1. The van der Waals surface area contributed by atoms with E-state index in [1.165, 1.54) is 12.8 Å². The Hall–Kier alpha value is -2.53. The summed E-state index contributed by atoms with van der Waals surface area (Å²) >= 11 is 0. The summed E-state index contributed by atoms with van der Waals surface area (Å²) in [6, 6.07) is 9.94. The minimum absolute atomic E-state index is 0.0587. The molecule has 0 bridgehead atoms. The van der Waals surface area contributed by atoms with E-state index in [9.17, 15) is 4.79 Å². The van der Waals surface area contributed by atoms with Gasteiger partial charge < -0.3 is 14.2 Å². The van der Waals surface area contributed by atoms with Gasteiger partial charge in [0.2, 0.25) is 0 Å². The molecule has 3 heterocycles. The summed E-state index contributed by atoms with van der Waals surface area (Å²) in [5, 5.41) is 4.04. The smallest absolute Gasteiger partial charge is 0.287 e. The predicted molar refractivity (Wildman–Crippen MR) is 100 cm³/mol. The van der Waals surface area contributed by atoms with Gasteiger partial charge >= 0.3 is 0 Å². The van der Waals surface area contributed by atoms with Crippen molar-refractivity contribution < 1.29 is 13.6 Å². The fraction of sp³-hybridized carbons (Fsp3) is 0.381. The Balaban J connectivity index is 1.53. The Morgan fingerprint density at radius 3 is 2.77 bits per heavy atom. The third-order valence-electron chi connectivity index (χ3n) is 5.21. The van der Waals surface area contributed by atoms with Crippen LogP contribution >= 0.6 is 0 Å². The average Bonchev–Trinajstić information content (AvgIpc) is 3.37. The highest BCUT2D eigenvalue weighted by Gasteiger charge is 2.27. The zero-order valence-corrected chi connectivity index (χ0v) is 15.2. The molecule has 2 aromatic heterocycles. The van der Waals surface area contributed by atoms with Crippen LogP contribution in [0.4, 0.5) is 0 Å². The molecule has 3 aromatic rings. The monoisotopic (exact) mass is 352 g/mol. The number of hydrogen-bond donors (Lipinski definition) is 1. The highest BCUT2D eigenvalue weighted by Crippen LogP contribution is 2.27. The first-order valence-corrected chi connectivity index (χ1v) is 9.19. The number of likely N-dealkylation sites (tertiary alicyclic amines) is 1. The standard InChI is InChI=1S/C21H24N2O3/c1-14-7-8-16-15(2)20(26-19(16)12-14)21(24)22-13-17(18-6-5-11-25-18)23-9-3-4-10-23/h5-8,11-12,17H,3-4,9-10,13H2,1-2H3,(H,22,24)/t17-/m1/s1. The third-order valence-corrected chi connectivity index (χ3v) is 5.21. The van der Waals surface area contributed by atoms with E-state index in [2.05, 4.69) is 10.2 Å². The molecule has 1 amide bonds. The van der Waals surface area contributed by atoms with Gasteiger partial charge in [0.25, 0.3) is 5.91 Å². The van der Waals surface area contributed by atoms with Gasteiger partial charge in [0.1, 0.15) is 11.3 Å². The first-order chi connectivity index (χ1) is 12.6. The van der Waals surface area contributed by atoms with Crippen molar-refractivity contribution in [1.82, 2.24) is 10.2 Å². The van der Waals surface area contributed by atoms with Crippen molar-refractivity contribution in [3.8, 4) is 0 Å². The topological polar surface area (TPSA) is 58.6 Å². The van der Waals surface area contributed by atoms with Gasteiger partial charge in [-0.3, -0.25) is 9.69 Å². The minimum Gasteiger partial charge on any atom is -0.468 e. The van der Waals surface area contributed by atoms with Crippen molar-refractivity contribution in [2.45, 2.75) is 32.7 Å². The third kappa shape index (κ3) is 3.15. The van der Waals surface area contributed by atoms with E-state index in [4.69, 9.17) is 8.83 Å². The molecule has 0 spiro atoms. The van der Waals surface area contributed by atoms with Crippen molar-refractivity contribution in [3.05, 3.63) is 59.2 Å². The number of furan rings is 2. The van der Waals surface area contributed by atoms with Crippen molar-refractivity contribution >= 4 is 16.9 Å².